The SMILES string of the molecule is CCC(Oc1ccc(C)cc1C)C(=O)NCCOc1cc(C)ccc1C. The van der Waals surface area contributed by atoms with Gasteiger partial charge < -0.3 is 14.8 Å². The Morgan fingerprint density at radius 2 is 1.65 bits per heavy atom. The minimum atomic E-state index is -0.503. The van der Waals surface area contributed by atoms with Gasteiger partial charge in [-0.3, -0.25) is 4.79 Å². The topological polar surface area (TPSA) is 47.6 Å². The van der Waals surface area contributed by atoms with Crippen molar-refractivity contribution in [3.8, 4) is 11.5 Å². The molecule has 1 amide bonds. The number of carbonyl (C=O) groups excluding carboxylic acids is 1. The van der Waals surface area contributed by atoms with Crippen LogP contribution in [0, 0.1) is 27.7 Å². The Kier molecular flexibility index (Phi) is 7.07. The molecule has 0 aromatic heterocycles. The van der Waals surface area contributed by atoms with Crippen LogP contribution >= 0.6 is 0 Å². The normalized spacial score (nSPS) is 11.7. The molecular weight excluding hydrogens is 326 g/mol. The summed E-state index contributed by atoms with van der Waals surface area (Å²) in [5.74, 6) is 1.50. The van der Waals surface area contributed by atoms with E-state index in [9.17, 15) is 4.79 Å². The van der Waals surface area contributed by atoms with E-state index >= 15 is 0 Å². The second-order valence-corrected chi connectivity index (χ2v) is 6.69. The lowest BCUT2D eigenvalue weighted by Gasteiger charge is -2.19. The molecule has 26 heavy (non-hydrogen) atoms. The molecule has 4 nitrogen and oxygen atoms in total. The first-order chi connectivity index (χ1) is 12.4. The molecule has 1 unspecified atom stereocenters. The van der Waals surface area contributed by atoms with E-state index in [4.69, 9.17) is 9.47 Å². The van der Waals surface area contributed by atoms with Gasteiger partial charge in [0.05, 0.1) is 6.54 Å². The summed E-state index contributed by atoms with van der Waals surface area (Å²) in [6, 6.07) is 12.1. The molecule has 2 aromatic rings. The molecule has 1 N–H and O–H groups in total. The molecule has 0 fully saturated rings. The fourth-order valence-electron chi connectivity index (χ4n) is 2.72. The van der Waals surface area contributed by atoms with Crippen LogP contribution in [0.2, 0.25) is 0 Å². The first-order valence-electron chi connectivity index (χ1n) is 9.12. The second kappa shape index (κ2) is 9.27. The standard InChI is InChI=1S/C22H29NO3/c1-6-19(26-20-10-8-15(2)13-18(20)5)22(24)23-11-12-25-21-14-16(3)7-9-17(21)4/h7-10,13-14,19H,6,11-12H2,1-5H3,(H,23,24). The van der Waals surface area contributed by atoms with E-state index in [1.807, 2.05) is 58.9 Å². The van der Waals surface area contributed by atoms with Crippen LogP contribution in [-0.4, -0.2) is 25.2 Å². The van der Waals surface area contributed by atoms with Crippen LogP contribution in [0.1, 0.15) is 35.6 Å². The van der Waals surface area contributed by atoms with Crippen LogP contribution < -0.4 is 14.8 Å². The molecule has 0 heterocycles. The summed E-state index contributed by atoms with van der Waals surface area (Å²) in [5, 5.41) is 2.90. The van der Waals surface area contributed by atoms with Gasteiger partial charge in [-0.1, -0.05) is 36.8 Å². The van der Waals surface area contributed by atoms with E-state index < -0.39 is 6.10 Å². The van der Waals surface area contributed by atoms with Gasteiger partial charge in [0.15, 0.2) is 6.10 Å². The quantitative estimate of drug-likeness (QED) is 0.719. The fraction of sp³-hybridized carbons (Fsp3) is 0.409. The number of hydrogen-bond donors (Lipinski definition) is 1. The minimum absolute atomic E-state index is 0.114. The van der Waals surface area contributed by atoms with Crippen molar-refractivity contribution in [3.63, 3.8) is 0 Å². The maximum absolute atomic E-state index is 12.4. The molecule has 0 bridgehead atoms. The lowest BCUT2D eigenvalue weighted by atomic mass is 10.1. The highest BCUT2D eigenvalue weighted by molar-refractivity contribution is 5.81. The molecule has 2 rings (SSSR count). The molecule has 0 saturated heterocycles. The van der Waals surface area contributed by atoms with E-state index in [-0.39, 0.29) is 5.91 Å². The predicted molar refractivity (Wildman–Crippen MR) is 105 cm³/mol. The van der Waals surface area contributed by atoms with Gasteiger partial charge in [0.2, 0.25) is 0 Å². The fourth-order valence-corrected chi connectivity index (χ4v) is 2.72. The number of aryl methyl sites for hydroxylation is 4. The molecule has 0 aliphatic rings. The molecule has 2 aromatic carbocycles. The molecule has 1 atom stereocenters. The van der Waals surface area contributed by atoms with E-state index in [2.05, 4.69) is 17.4 Å². The number of benzene rings is 2. The Morgan fingerprint density at radius 1 is 0.962 bits per heavy atom. The van der Waals surface area contributed by atoms with Gasteiger partial charge in [-0.15, -0.1) is 0 Å². The molecule has 0 saturated carbocycles. The highest BCUT2D eigenvalue weighted by Crippen LogP contribution is 2.21. The number of hydrogen-bond acceptors (Lipinski definition) is 3. The first kappa shape index (κ1) is 19.8. The zero-order chi connectivity index (χ0) is 19.1. The predicted octanol–water partition coefficient (Wildman–Crippen LogP) is 4.27. The van der Waals surface area contributed by atoms with E-state index in [0.29, 0.717) is 19.6 Å². The van der Waals surface area contributed by atoms with Crippen molar-refractivity contribution in [2.75, 3.05) is 13.2 Å². The zero-order valence-corrected chi connectivity index (χ0v) is 16.4. The average molecular weight is 355 g/mol. The van der Waals surface area contributed by atoms with Gasteiger partial charge >= 0.3 is 0 Å². The first-order valence-corrected chi connectivity index (χ1v) is 9.12. The van der Waals surface area contributed by atoms with Crippen molar-refractivity contribution in [1.29, 1.82) is 0 Å². The summed E-state index contributed by atoms with van der Waals surface area (Å²) in [6.07, 6.45) is 0.105. The lowest BCUT2D eigenvalue weighted by molar-refractivity contribution is -0.128. The van der Waals surface area contributed by atoms with Crippen molar-refractivity contribution in [2.45, 2.75) is 47.1 Å². The van der Waals surface area contributed by atoms with Crippen LogP contribution in [0.5, 0.6) is 11.5 Å². The number of rotatable bonds is 8. The van der Waals surface area contributed by atoms with Crippen molar-refractivity contribution in [1.82, 2.24) is 5.32 Å². The van der Waals surface area contributed by atoms with E-state index in [1.54, 1.807) is 0 Å². The molecule has 140 valence electrons. The lowest BCUT2D eigenvalue weighted by Crippen LogP contribution is -2.39. The Hall–Kier alpha value is -2.49. The van der Waals surface area contributed by atoms with Crippen molar-refractivity contribution >= 4 is 5.91 Å². The van der Waals surface area contributed by atoms with Crippen LogP contribution in [-0.2, 0) is 4.79 Å². The molecule has 0 spiro atoms. The van der Waals surface area contributed by atoms with Crippen LogP contribution in [0.3, 0.4) is 0 Å². The third-order valence-electron chi connectivity index (χ3n) is 4.27. The van der Waals surface area contributed by atoms with Gasteiger partial charge in [-0.05, 0) is 62.9 Å². The molecule has 0 aliphatic heterocycles. The highest BCUT2D eigenvalue weighted by atomic mass is 16.5. The monoisotopic (exact) mass is 355 g/mol. The summed E-state index contributed by atoms with van der Waals surface area (Å²) < 4.78 is 11.7. The summed E-state index contributed by atoms with van der Waals surface area (Å²) in [4.78, 5) is 12.4. The maximum atomic E-state index is 12.4. The minimum Gasteiger partial charge on any atom is -0.491 e. The van der Waals surface area contributed by atoms with Gasteiger partial charge in [0, 0.05) is 0 Å². The average Bonchev–Trinajstić information content (AvgIpc) is 2.60. The van der Waals surface area contributed by atoms with Crippen molar-refractivity contribution in [2.24, 2.45) is 0 Å². The number of ether oxygens (including phenoxy) is 2. The van der Waals surface area contributed by atoms with Crippen LogP contribution in [0.4, 0.5) is 0 Å². The summed E-state index contributed by atoms with van der Waals surface area (Å²) in [5.41, 5.74) is 4.46. The Bertz CT molecular complexity index is 755. The second-order valence-electron chi connectivity index (χ2n) is 6.69. The van der Waals surface area contributed by atoms with Gasteiger partial charge in [0.1, 0.15) is 18.1 Å². The Labute approximate surface area is 156 Å². The summed E-state index contributed by atoms with van der Waals surface area (Å²) in [6.45, 7) is 10.9. The molecule has 0 radical (unpaired) electrons. The molecule has 0 aliphatic carbocycles. The zero-order valence-electron chi connectivity index (χ0n) is 16.4. The smallest absolute Gasteiger partial charge is 0.261 e. The van der Waals surface area contributed by atoms with Crippen molar-refractivity contribution < 1.29 is 14.3 Å². The maximum Gasteiger partial charge on any atom is 0.261 e. The Morgan fingerprint density at radius 3 is 2.35 bits per heavy atom. The van der Waals surface area contributed by atoms with Gasteiger partial charge in [-0.2, -0.15) is 0 Å². The van der Waals surface area contributed by atoms with Gasteiger partial charge in [-0.25, -0.2) is 0 Å². The van der Waals surface area contributed by atoms with Gasteiger partial charge in [0.25, 0.3) is 5.91 Å². The van der Waals surface area contributed by atoms with E-state index in [0.717, 1.165) is 28.2 Å². The van der Waals surface area contributed by atoms with E-state index in [1.165, 1.54) is 5.56 Å². The summed E-state index contributed by atoms with van der Waals surface area (Å²) in [7, 11) is 0. The third kappa shape index (κ3) is 5.51. The largest absolute Gasteiger partial charge is 0.491 e. The summed E-state index contributed by atoms with van der Waals surface area (Å²) >= 11 is 0. The van der Waals surface area contributed by atoms with Crippen LogP contribution in [0.25, 0.3) is 0 Å². The highest BCUT2D eigenvalue weighted by Gasteiger charge is 2.18. The molecule has 4 heteroatoms. The third-order valence-corrected chi connectivity index (χ3v) is 4.27. The van der Waals surface area contributed by atoms with Crippen molar-refractivity contribution in [3.05, 3.63) is 58.7 Å². The molecular formula is C22H29NO3. The number of carbonyl (C=O) groups is 1. The number of amides is 1. The Balaban J connectivity index is 1.84. The van der Waals surface area contributed by atoms with Crippen LogP contribution in [0.15, 0.2) is 36.4 Å². The number of nitrogens with one attached hydrogen (secondary N) is 1.